The molecule has 1 aliphatic carbocycles. The number of nitrogens with zero attached hydrogens (tertiary/aromatic N) is 2. The normalized spacial score (nSPS) is 19.1. The van der Waals surface area contributed by atoms with Crippen LogP contribution < -0.4 is 159 Å². The fourth-order valence-electron chi connectivity index (χ4n) is 8.96. The summed E-state index contributed by atoms with van der Waals surface area (Å²) in [5.41, 5.74) is 7.56. The molecule has 0 amide bonds. The summed E-state index contributed by atoms with van der Waals surface area (Å²) in [5.74, 6) is 0. The second-order valence-electron chi connectivity index (χ2n) is 16.4. The first kappa shape index (κ1) is 53.5. The van der Waals surface area contributed by atoms with Crippen molar-refractivity contribution in [3.05, 3.63) is 130 Å². The van der Waals surface area contributed by atoms with E-state index in [9.17, 15) is 25.9 Å². The van der Waals surface area contributed by atoms with E-state index in [4.69, 9.17) is 11.6 Å². The van der Waals surface area contributed by atoms with E-state index in [2.05, 4.69) is 92.2 Å². The van der Waals surface area contributed by atoms with E-state index in [0.29, 0.717) is 17.0 Å². The summed E-state index contributed by atoms with van der Waals surface area (Å²) in [4.78, 5) is 1.92. The van der Waals surface area contributed by atoms with E-state index >= 15 is 0 Å². The summed E-state index contributed by atoms with van der Waals surface area (Å²) in [6, 6.07) is 21.8. The zero-order chi connectivity index (χ0) is 41.1. The van der Waals surface area contributed by atoms with E-state index in [1.165, 1.54) is 19.1 Å². The molecule has 4 aromatic rings. The Hall–Kier alpha value is 0.849. The SMILES string of the molecule is C[CH-]CC[N+]1=C(/C=C/C2=C(Cl)C(=C/C=C3/N(CCC(C)S(=O)(=O)[O-])c4ccc5c[c-]ccc5c4C3(C)C)/CCC2)C(C)(C)c2c1ccc1cc(S(=O)(=O)[O-])ccc21.[K+].[K+].[K+]. The molecular formula is C46H48ClK3N2O6S2. The van der Waals surface area contributed by atoms with Gasteiger partial charge in [0.2, 0.25) is 5.69 Å². The number of halogens is 1. The number of unbranched alkanes of at least 4 members (excludes halogenated alkanes) is 1. The number of hydrogen-bond donors (Lipinski definition) is 0. The molecule has 2 aliphatic heterocycles. The number of fused-ring (bicyclic) bond motifs is 6. The molecule has 14 heteroatoms. The van der Waals surface area contributed by atoms with Gasteiger partial charge in [-0.2, -0.15) is 35.8 Å². The van der Waals surface area contributed by atoms with Gasteiger partial charge < -0.3 is 20.4 Å². The van der Waals surface area contributed by atoms with Gasteiger partial charge in [-0.05, 0) is 104 Å². The smallest absolute Gasteiger partial charge is 0.748 e. The quantitative estimate of drug-likeness (QED) is 0.0949. The summed E-state index contributed by atoms with van der Waals surface area (Å²) in [5, 5.41) is 3.48. The number of rotatable bonds is 11. The van der Waals surface area contributed by atoms with Crippen LogP contribution in [0.2, 0.25) is 0 Å². The van der Waals surface area contributed by atoms with Crippen LogP contribution in [0.3, 0.4) is 0 Å². The molecule has 0 bridgehead atoms. The maximum Gasteiger partial charge on any atom is 1.00 e. The number of allylic oxidation sites excluding steroid dienone is 8. The molecule has 0 N–H and O–H groups in total. The largest absolute Gasteiger partial charge is 1.00 e. The van der Waals surface area contributed by atoms with E-state index in [-0.39, 0.29) is 165 Å². The fourth-order valence-corrected chi connectivity index (χ4v) is 10.2. The van der Waals surface area contributed by atoms with E-state index in [0.717, 1.165) is 93.4 Å². The molecule has 2 heterocycles. The molecule has 0 spiro atoms. The van der Waals surface area contributed by atoms with Crippen molar-refractivity contribution in [1.82, 2.24) is 0 Å². The second-order valence-corrected chi connectivity index (χ2v) is 19.9. The molecule has 60 heavy (non-hydrogen) atoms. The van der Waals surface area contributed by atoms with Gasteiger partial charge in [0.25, 0.3) is 0 Å². The molecule has 8 nitrogen and oxygen atoms in total. The molecule has 1 unspecified atom stereocenters. The van der Waals surface area contributed by atoms with Crippen molar-refractivity contribution in [3.63, 3.8) is 0 Å². The summed E-state index contributed by atoms with van der Waals surface area (Å²) in [7, 11) is -9.02. The van der Waals surface area contributed by atoms with Crippen molar-refractivity contribution in [1.29, 1.82) is 0 Å². The fraction of sp³-hybridized carbons (Fsp3) is 0.348. The van der Waals surface area contributed by atoms with E-state index in [1.807, 2.05) is 31.2 Å². The summed E-state index contributed by atoms with van der Waals surface area (Å²) in [6.45, 7) is 13.4. The van der Waals surface area contributed by atoms with Crippen molar-refractivity contribution in [2.24, 2.45) is 0 Å². The van der Waals surface area contributed by atoms with Crippen LogP contribution in [0.25, 0.3) is 21.5 Å². The molecule has 0 aromatic heterocycles. The first-order valence-corrected chi connectivity index (χ1v) is 22.7. The predicted octanol–water partition coefficient (Wildman–Crippen LogP) is 0.865. The minimum Gasteiger partial charge on any atom is -0.748 e. The van der Waals surface area contributed by atoms with Crippen molar-refractivity contribution >= 4 is 70.5 Å². The average Bonchev–Trinajstić information content (AvgIpc) is 3.52. The van der Waals surface area contributed by atoms with Crippen LogP contribution in [-0.2, 0) is 31.1 Å². The zero-order valence-corrected chi connectivity index (χ0v) is 48.0. The zero-order valence-electron chi connectivity index (χ0n) is 36.2. The first-order chi connectivity index (χ1) is 26.9. The minimum atomic E-state index is -4.59. The van der Waals surface area contributed by atoms with Crippen LogP contribution in [0.5, 0.6) is 0 Å². The monoisotopic (exact) mass is 940 g/mol. The average molecular weight is 942 g/mol. The Kier molecular flexibility index (Phi) is 18.9. The predicted molar refractivity (Wildman–Crippen MR) is 228 cm³/mol. The molecule has 4 aromatic carbocycles. The number of anilines is 1. The van der Waals surface area contributed by atoms with Gasteiger partial charge in [0.05, 0.1) is 20.4 Å². The summed E-state index contributed by atoms with van der Waals surface area (Å²) in [6.07, 6.45) is 14.2. The van der Waals surface area contributed by atoms with Gasteiger partial charge in [-0.3, -0.25) is 0 Å². The second kappa shape index (κ2) is 21.2. The maximum atomic E-state index is 11.9. The van der Waals surface area contributed by atoms with Gasteiger partial charge in [0.1, 0.15) is 16.7 Å². The Morgan fingerprint density at radius 1 is 0.900 bits per heavy atom. The van der Waals surface area contributed by atoms with Crippen LogP contribution in [-0.4, -0.2) is 54.6 Å². The molecule has 3 aliphatic rings. The van der Waals surface area contributed by atoms with Crippen molar-refractivity contribution in [3.8, 4) is 0 Å². The molecule has 1 atom stereocenters. The van der Waals surface area contributed by atoms with Gasteiger partial charge in [0.15, 0.2) is 5.71 Å². The van der Waals surface area contributed by atoms with E-state index < -0.39 is 36.3 Å². The Bertz CT molecular complexity index is 2700. The Morgan fingerprint density at radius 3 is 2.28 bits per heavy atom. The topological polar surface area (TPSA) is 121 Å². The van der Waals surface area contributed by atoms with Crippen LogP contribution in [0.1, 0.15) is 84.8 Å². The van der Waals surface area contributed by atoms with Gasteiger partial charge >= 0.3 is 154 Å². The molecule has 0 saturated carbocycles. The first-order valence-electron chi connectivity index (χ1n) is 19.5. The molecular weight excluding hydrogens is 893 g/mol. The third-order valence-corrected chi connectivity index (χ3v) is 14.6. The molecule has 0 saturated heterocycles. The standard InChI is InChI=1S/C46H50ClN2O6S2.3K/c1-7-8-27-48-38-23-17-34-29-35(57(53,54)55)20-21-37(34)43(38)45(3,4)40(48)24-18-32-13-11-14-33(44(32)47)19-25-41-46(5,6)42-36-15-10-9-12-31(36)16-22-39(42)49(41)28-26-30(2)56(50,51)52;;;/h7,10,12,15-25,29-30H,8,11,13-14,26-28H2,1-6H3,(H,50,51,52)(H,53,54,55);;;/q-1;3*+1/p-2. The van der Waals surface area contributed by atoms with Gasteiger partial charge in [-0.25, -0.2) is 16.8 Å². The summed E-state index contributed by atoms with van der Waals surface area (Å²) < 4.78 is 73.5. The third-order valence-electron chi connectivity index (χ3n) is 12.0. The molecule has 0 fully saturated rings. The van der Waals surface area contributed by atoms with Crippen molar-refractivity contribution < 1.29 is 185 Å². The van der Waals surface area contributed by atoms with E-state index in [1.54, 1.807) is 6.07 Å². The Morgan fingerprint density at radius 2 is 1.60 bits per heavy atom. The van der Waals surface area contributed by atoms with Crippen molar-refractivity contribution in [2.75, 3.05) is 18.0 Å². The van der Waals surface area contributed by atoms with Gasteiger partial charge in [-0.1, -0.05) is 43.7 Å². The Labute approximate surface area is 489 Å². The Balaban J connectivity index is 0.00000265. The molecule has 7 rings (SSSR count). The van der Waals surface area contributed by atoms with Crippen LogP contribution in [0, 0.1) is 12.5 Å². The van der Waals surface area contributed by atoms with Gasteiger partial charge in [0, 0.05) is 51.3 Å². The summed E-state index contributed by atoms with van der Waals surface area (Å²) >= 11 is 7.27. The third kappa shape index (κ3) is 10.7. The van der Waals surface area contributed by atoms with Crippen LogP contribution in [0.4, 0.5) is 11.4 Å². The molecule has 0 radical (unpaired) electrons. The number of hydrogen-bond acceptors (Lipinski definition) is 7. The minimum absolute atomic E-state index is 0. The van der Waals surface area contributed by atoms with Crippen LogP contribution in [0.15, 0.2) is 112 Å². The number of benzene rings is 4. The molecule has 300 valence electrons. The van der Waals surface area contributed by atoms with Crippen LogP contribution >= 0.6 is 11.6 Å². The van der Waals surface area contributed by atoms with Gasteiger partial charge in [-0.15, -0.1) is 23.3 Å². The maximum absolute atomic E-state index is 11.9. The van der Waals surface area contributed by atoms with Crippen molar-refractivity contribution in [2.45, 2.75) is 94.6 Å².